The van der Waals surface area contributed by atoms with Gasteiger partial charge in [0.2, 0.25) is 0 Å². The first kappa shape index (κ1) is 16.4. The average molecular weight is 291 g/mol. The molecule has 2 rings (SSSR count). The van der Waals surface area contributed by atoms with Crippen LogP contribution in [0.4, 0.5) is 0 Å². The number of nitrogens with one attached hydrogen (secondary N) is 1. The summed E-state index contributed by atoms with van der Waals surface area (Å²) in [5.74, 6) is 1.38. The van der Waals surface area contributed by atoms with Crippen molar-refractivity contribution in [3.63, 3.8) is 0 Å². The van der Waals surface area contributed by atoms with Crippen LogP contribution < -0.4 is 5.32 Å². The minimum Gasteiger partial charge on any atom is -0.371 e. The van der Waals surface area contributed by atoms with E-state index in [1.54, 1.807) is 7.11 Å². The summed E-state index contributed by atoms with van der Waals surface area (Å²) in [7, 11) is 1.70. The molecule has 1 aromatic heterocycles. The third kappa shape index (κ3) is 4.24. The highest BCUT2D eigenvalue weighted by molar-refractivity contribution is 5.26. The van der Waals surface area contributed by atoms with Gasteiger partial charge in [-0.05, 0) is 65.0 Å². The number of nitrogens with zero attached hydrogens (tertiary/aromatic N) is 2. The molecule has 1 saturated carbocycles. The van der Waals surface area contributed by atoms with Crippen molar-refractivity contribution in [2.75, 3.05) is 13.7 Å². The standard InChI is InChI=1S/C17H29N3O/c1-11(10-18-14-7-8-14)9-15-12(2)19-16(20-13(15)3)17(4,5)21-6/h11,14,18H,7-10H2,1-6H3. The lowest BCUT2D eigenvalue weighted by atomic mass is 9.98. The third-order valence-electron chi connectivity index (χ3n) is 4.35. The van der Waals surface area contributed by atoms with Crippen LogP contribution in [0.1, 0.15) is 56.4 Å². The highest BCUT2D eigenvalue weighted by atomic mass is 16.5. The van der Waals surface area contributed by atoms with Crippen LogP contribution >= 0.6 is 0 Å². The van der Waals surface area contributed by atoms with E-state index in [0.717, 1.165) is 36.2 Å². The summed E-state index contributed by atoms with van der Waals surface area (Å²) in [6.07, 6.45) is 3.72. The van der Waals surface area contributed by atoms with Gasteiger partial charge in [-0.2, -0.15) is 0 Å². The Morgan fingerprint density at radius 2 is 1.81 bits per heavy atom. The van der Waals surface area contributed by atoms with Gasteiger partial charge in [0, 0.05) is 24.5 Å². The van der Waals surface area contributed by atoms with Gasteiger partial charge in [-0.25, -0.2) is 9.97 Å². The number of aromatic nitrogens is 2. The van der Waals surface area contributed by atoms with Crippen LogP contribution in [0, 0.1) is 19.8 Å². The number of rotatable bonds is 7. The predicted octanol–water partition coefficient (Wildman–Crippen LogP) is 2.91. The van der Waals surface area contributed by atoms with Crippen LogP contribution in [0.2, 0.25) is 0 Å². The quantitative estimate of drug-likeness (QED) is 0.839. The lowest BCUT2D eigenvalue weighted by Gasteiger charge is -2.23. The third-order valence-corrected chi connectivity index (χ3v) is 4.35. The van der Waals surface area contributed by atoms with Crippen molar-refractivity contribution in [1.29, 1.82) is 0 Å². The zero-order valence-electron chi connectivity index (χ0n) is 14.3. The first-order valence-corrected chi connectivity index (χ1v) is 7.96. The Labute approximate surface area is 128 Å². The van der Waals surface area contributed by atoms with E-state index in [0.29, 0.717) is 5.92 Å². The van der Waals surface area contributed by atoms with Crippen LogP contribution in [0.25, 0.3) is 0 Å². The van der Waals surface area contributed by atoms with Gasteiger partial charge in [0.25, 0.3) is 0 Å². The van der Waals surface area contributed by atoms with Gasteiger partial charge in [0.1, 0.15) is 5.60 Å². The topological polar surface area (TPSA) is 47.0 Å². The molecule has 1 aliphatic carbocycles. The fraction of sp³-hybridized carbons (Fsp3) is 0.765. The lowest BCUT2D eigenvalue weighted by Crippen LogP contribution is -2.26. The Balaban J connectivity index is 2.08. The molecule has 4 nitrogen and oxygen atoms in total. The van der Waals surface area contributed by atoms with Gasteiger partial charge >= 0.3 is 0 Å². The fourth-order valence-electron chi connectivity index (χ4n) is 2.47. The Morgan fingerprint density at radius 3 is 2.29 bits per heavy atom. The Kier molecular flexibility index (Phi) is 4.99. The van der Waals surface area contributed by atoms with Crippen molar-refractivity contribution in [2.24, 2.45) is 5.92 Å². The molecular formula is C17H29N3O. The van der Waals surface area contributed by atoms with Gasteiger partial charge in [-0.15, -0.1) is 0 Å². The molecule has 0 aliphatic heterocycles. The largest absolute Gasteiger partial charge is 0.371 e. The van der Waals surface area contributed by atoms with Crippen molar-refractivity contribution in [3.8, 4) is 0 Å². The minimum atomic E-state index is -0.437. The van der Waals surface area contributed by atoms with Gasteiger partial charge in [-0.3, -0.25) is 0 Å². The maximum atomic E-state index is 5.49. The van der Waals surface area contributed by atoms with Crippen LogP contribution in [-0.4, -0.2) is 29.7 Å². The highest BCUT2D eigenvalue weighted by Crippen LogP contribution is 2.24. The summed E-state index contributed by atoms with van der Waals surface area (Å²) in [6, 6.07) is 0.774. The van der Waals surface area contributed by atoms with E-state index in [1.165, 1.54) is 18.4 Å². The molecule has 1 atom stereocenters. The van der Waals surface area contributed by atoms with E-state index in [2.05, 4.69) is 36.1 Å². The van der Waals surface area contributed by atoms with E-state index < -0.39 is 5.60 Å². The number of aryl methyl sites for hydroxylation is 2. The van der Waals surface area contributed by atoms with Crippen molar-refractivity contribution in [1.82, 2.24) is 15.3 Å². The van der Waals surface area contributed by atoms with Crippen LogP contribution in [-0.2, 0) is 16.8 Å². The second-order valence-corrected chi connectivity index (χ2v) is 6.90. The number of methoxy groups -OCH3 is 1. The Hall–Kier alpha value is -1.00. The first-order chi connectivity index (χ1) is 9.83. The normalized spacial score (nSPS) is 17.0. The molecule has 118 valence electrons. The molecule has 1 aliphatic rings. The maximum Gasteiger partial charge on any atom is 0.160 e. The molecule has 21 heavy (non-hydrogen) atoms. The average Bonchev–Trinajstić information content (AvgIpc) is 3.24. The summed E-state index contributed by atoms with van der Waals surface area (Å²) >= 11 is 0. The molecule has 1 heterocycles. The fourth-order valence-corrected chi connectivity index (χ4v) is 2.47. The second kappa shape index (κ2) is 6.41. The summed E-state index contributed by atoms with van der Waals surface area (Å²) in [4.78, 5) is 9.36. The molecule has 1 N–H and O–H groups in total. The van der Waals surface area contributed by atoms with Gasteiger partial charge in [-0.1, -0.05) is 6.92 Å². The Morgan fingerprint density at radius 1 is 1.24 bits per heavy atom. The van der Waals surface area contributed by atoms with Gasteiger partial charge in [0.05, 0.1) is 0 Å². The first-order valence-electron chi connectivity index (χ1n) is 7.96. The van der Waals surface area contributed by atoms with Crippen molar-refractivity contribution >= 4 is 0 Å². The van der Waals surface area contributed by atoms with E-state index in [1.807, 2.05) is 13.8 Å². The Bertz CT molecular complexity index is 472. The molecule has 0 spiro atoms. The SMILES string of the molecule is COC(C)(C)c1nc(C)c(CC(C)CNC2CC2)c(C)n1. The van der Waals surface area contributed by atoms with Crippen LogP contribution in [0.15, 0.2) is 0 Å². The summed E-state index contributed by atoms with van der Waals surface area (Å²) in [5, 5.41) is 3.60. The van der Waals surface area contributed by atoms with E-state index in [9.17, 15) is 0 Å². The number of ether oxygens (including phenoxy) is 1. The van der Waals surface area contributed by atoms with Crippen molar-refractivity contribution in [3.05, 3.63) is 22.8 Å². The van der Waals surface area contributed by atoms with E-state index in [4.69, 9.17) is 4.74 Å². The van der Waals surface area contributed by atoms with Crippen LogP contribution in [0.5, 0.6) is 0 Å². The molecule has 0 bridgehead atoms. The zero-order chi connectivity index (χ0) is 15.6. The summed E-state index contributed by atoms with van der Waals surface area (Å²) in [6.45, 7) is 11.5. The summed E-state index contributed by atoms with van der Waals surface area (Å²) in [5.41, 5.74) is 3.02. The van der Waals surface area contributed by atoms with Crippen molar-refractivity contribution < 1.29 is 4.74 Å². The molecule has 1 fully saturated rings. The number of hydrogen-bond donors (Lipinski definition) is 1. The molecule has 0 saturated heterocycles. The number of hydrogen-bond acceptors (Lipinski definition) is 4. The molecule has 1 unspecified atom stereocenters. The van der Waals surface area contributed by atoms with Crippen molar-refractivity contribution in [2.45, 2.75) is 65.5 Å². The monoisotopic (exact) mass is 291 g/mol. The highest BCUT2D eigenvalue weighted by Gasteiger charge is 2.25. The van der Waals surface area contributed by atoms with Crippen LogP contribution in [0.3, 0.4) is 0 Å². The van der Waals surface area contributed by atoms with E-state index >= 15 is 0 Å². The lowest BCUT2D eigenvalue weighted by molar-refractivity contribution is 0.0111. The predicted molar refractivity (Wildman–Crippen MR) is 85.4 cm³/mol. The molecule has 0 amide bonds. The maximum absolute atomic E-state index is 5.49. The molecular weight excluding hydrogens is 262 g/mol. The van der Waals surface area contributed by atoms with Gasteiger partial charge < -0.3 is 10.1 Å². The molecule has 0 aromatic carbocycles. The van der Waals surface area contributed by atoms with Gasteiger partial charge in [0.15, 0.2) is 5.82 Å². The summed E-state index contributed by atoms with van der Waals surface area (Å²) < 4.78 is 5.49. The minimum absolute atomic E-state index is 0.437. The molecule has 1 aromatic rings. The second-order valence-electron chi connectivity index (χ2n) is 6.90. The molecule has 4 heteroatoms. The zero-order valence-corrected chi connectivity index (χ0v) is 14.3. The van der Waals surface area contributed by atoms with E-state index in [-0.39, 0.29) is 0 Å². The molecule has 0 radical (unpaired) electrons. The smallest absolute Gasteiger partial charge is 0.160 e.